The summed E-state index contributed by atoms with van der Waals surface area (Å²) in [6.07, 6.45) is 3.49. The Hall–Kier alpha value is -2.40. The van der Waals surface area contributed by atoms with Gasteiger partial charge in [-0.05, 0) is 42.8 Å². The highest BCUT2D eigenvalue weighted by molar-refractivity contribution is 7.98. The van der Waals surface area contributed by atoms with Crippen LogP contribution < -0.4 is 0 Å². The van der Waals surface area contributed by atoms with Crippen molar-refractivity contribution in [3.05, 3.63) is 60.1 Å². The van der Waals surface area contributed by atoms with Gasteiger partial charge in [0, 0.05) is 17.3 Å². The van der Waals surface area contributed by atoms with Crippen LogP contribution in [0.3, 0.4) is 0 Å². The fraction of sp³-hybridized carbons (Fsp3) is 0.118. The van der Waals surface area contributed by atoms with Crippen LogP contribution in [0.2, 0.25) is 0 Å². The predicted octanol–water partition coefficient (Wildman–Crippen LogP) is 4.37. The minimum atomic E-state index is 0.769. The van der Waals surface area contributed by atoms with Crippen molar-refractivity contribution >= 4 is 33.8 Å². The van der Waals surface area contributed by atoms with Crippen LogP contribution in [0.15, 0.2) is 58.4 Å². The Morgan fingerprint density at radius 1 is 1.09 bits per heavy atom. The van der Waals surface area contributed by atoms with Gasteiger partial charge in [-0.2, -0.15) is 0 Å². The van der Waals surface area contributed by atoms with Crippen molar-refractivity contribution in [3.63, 3.8) is 0 Å². The molecule has 3 heterocycles. The largest absolute Gasteiger partial charge is 0.464 e. The summed E-state index contributed by atoms with van der Waals surface area (Å²) in [4.78, 5) is 13.6. The van der Waals surface area contributed by atoms with Gasteiger partial charge in [0.15, 0.2) is 5.16 Å². The van der Waals surface area contributed by atoms with Gasteiger partial charge < -0.3 is 4.42 Å². The molecule has 4 nitrogen and oxygen atoms in total. The number of aromatic nitrogens is 3. The molecule has 0 unspecified atom stereocenters. The Bertz CT molecular complexity index is 964. The molecule has 0 radical (unpaired) electrons. The summed E-state index contributed by atoms with van der Waals surface area (Å²) in [6.45, 7) is 2.07. The third-order valence-corrected chi connectivity index (χ3v) is 4.43. The van der Waals surface area contributed by atoms with Gasteiger partial charge in [-0.1, -0.05) is 17.8 Å². The van der Waals surface area contributed by atoms with Gasteiger partial charge in [0.2, 0.25) is 0 Å². The number of aryl methyl sites for hydroxylation is 1. The van der Waals surface area contributed by atoms with Crippen LogP contribution in [0.25, 0.3) is 22.0 Å². The molecule has 0 aliphatic rings. The van der Waals surface area contributed by atoms with Crippen molar-refractivity contribution < 1.29 is 4.42 Å². The highest BCUT2D eigenvalue weighted by atomic mass is 32.2. The quantitative estimate of drug-likeness (QED) is 0.526. The second-order valence-corrected chi connectivity index (χ2v) is 5.96. The first-order chi connectivity index (χ1) is 10.8. The Kier molecular flexibility index (Phi) is 3.27. The number of imidazole rings is 1. The predicted molar refractivity (Wildman–Crippen MR) is 87.8 cm³/mol. The highest BCUT2D eigenvalue weighted by Gasteiger charge is 2.10. The van der Waals surface area contributed by atoms with Crippen molar-refractivity contribution in [2.24, 2.45) is 0 Å². The Balaban J connectivity index is 1.68. The lowest BCUT2D eigenvalue weighted by Crippen LogP contribution is -1.90. The molecule has 4 rings (SSSR count). The summed E-state index contributed by atoms with van der Waals surface area (Å²) in [7, 11) is 0. The molecule has 0 N–H and O–H groups in total. The molecule has 0 spiro atoms. The smallest absolute Gasteiger partial charge is 0.189 e. The number of fused-ring (bicyclic) bond motifs is 3. The zero-order valence-corrected chi connectivity index (χ0v) is 12.8. The minimum Gasteiger partial charge on any atom is -0.464 e. The van der Waals surface area contributed by atoms with Gasteiger partial charge in [0.25, 0.3) is 0 Å². The van der Waals surface area contributed by atoms with E-state index >= 15 is 0 Å². The van der Waals surface area contributed by atoms with Gasteiger partial charge in [0.05, 0.1) is 17.5 Å². The molecule has 0 atom stereocenters. The van der Waals surface area contributed by atoms with Gasteiger partial charge >= 0.3 is 0 Å². The monoisotopic (exact) mass is 307 g/mol. The van der Waals surface area contributed by atoms with E-state index < -0.39 is 0 Å². The molecule has 5 heteroatoms. The van der Waals surface area contributed by atoms with Crippen LogP contribution in [0.5, 0.6) is 0 Å². The lowest BCUT2D eigenvalue weighted by molar-refractivity contribution is 0.604. The molecule has 0 aliphatic carbocycles. The Morgan fingerprint density at radius 2 is 2.05 bits per heavy atom. The molecule has 3 aromatic heterocycles. The number of rotatable bonds is 3. The average molecular weight is 307 g/mol. The lowest BCUT2D eigenvalue weighted by Gasteiger charge is -2.01. The lowest BCUT2D eigenvalue weighted by atomic mass is 10.2. The minimum absolute atomic E-state index is 0.769. The third kappa shape index (κ3) is 2.33. The van der Waals surface area contributed by atoms with Crippen LogP contribution >= 0.6 is 11.8 Å². The van der Waals surface area contributed by atoms with E-state index in [2.05, 4.69) is 27.9 Å². The van der Waals surface area contributed by atoms with E-state index in [1.165, 1.54) is 5.56 Å². The van der Waals surface area contributed by atoms with E-state index in [0.29, 0.717) is 0 Å². The summed E-state index contributed by atoms with van der Waals surface area (Å²) in [6, 6.07) is 11.8. The molecule has 1 aromatic carbocycles. The highest BCUT2D eigenvalue weighted by Crippen LogP contribution is 2.28. The van der Waals surface area contributed by atoms with E-state index in [-0.39, 0.29) is 0 Å². The van der Waals surface area contributed by atoms with E-state index in [1.54, 1.807) is 18.0 Å². The maximum Gasteiger partial charge on any atom is 0.189 e. The maximum atomic E-state index is 5.49. The first-order valence-electron chi connectivity index (χ1n) is 6.98. The number of pyridine rings is 1. The van der Waals surface area contributed by atoms with Crippen LogP contribution in [0.4, 0.5) is 0 Å². The molecule has 4 aromatic rings. The summed E-state index contributed by atoms with van der Waals surface area (Å²) in [5.74, 6) is 0.769. The summed E-state index contributed by atoms with van der Waals surface area (Å²) >= 11 is 1.61. The van der Waals surface area contributed by atoms with Crippen molar-refractivity contribution in [2.45, 2.75) is 17.8 Å². The normalized spacial score (nSPS) is 11.3. The van der Waals surface area contributed by atoms with Gasteiger partial charge in [0.1, 0.15) is 11.1 Å². The van der Waals surface area contributed by atoms with Gasteiger partial charge in [-0.3, -0.25) is 4.98 Å². The maximum absolute atomic E-state index is 5.49. The van der Waals surface area contributed by atoms with Gasteiger partial charge in [-0.25, -0.2) is 9.97 Å². The number of hydrogen-bond donors (Lipinski definition) is 0. The molecule has 0 bridgehead atoms. The Morgan fingerprint density at radius 3 is 2.95 bits per heavy atom. The number of thioether (sulfide) groups is 1. The molecule has 0 amide bonds. The van der Waals surface area contributed by atoms with E-state index in [1.807, 2.05) is 36.5 Å². The molecular formula is C17H13N3OS. The van der Waals surface area contributed by atoms with E-state index in [9.17, 15) is 0 Å². The zero-order chi connectivity index (χ0) is 14.9. The fourth-order valence-corrected chi connectivity index (χ4v) is 3.28. The van der Waals surface area contributed by atoms with Crippen molar-refractivity contribution in [3.8, 4) is 0 Å². The van der Waals surface area contributed by atoms with Crippen molar-refractivity contribution in [1.82, 2.24) is 15.0 Å². The Labute approximate surface area is 131 Å². The molecule has 0 fully saturated rings. The molecule has 108 valence electrons. The van der Waals surface area contributed by atoms with E-state index in [0.717, 1.165) is 38.6 Å². The van der Waals surface area contributed by atoms with Gasteiger partial charge in [-0.15, -0.1) is 0 Å². The number of nitrogens with zero attached hydrogens (tertiary/aromatic N) is 3. The van der Waals surface area contributed by atoms with Crippen molar-refractivity contribution in [2.75, 3.05) is 0 Å². The standard InChI is InChI=1S/C17H13N3OS/c1-11-4-2-8-18-14(11)10-22-17-19-13-6-7-15-12(16(13)20-17)5-3-9-21-15/h2-9H,10H2,1H3. The molecule has 0 saturated heterocycles. The van der Waals surface area contributed by atoms with Crippen molar-refractivity contribution in [1.29, 1.82) is 0 Å². The van der Waals surface area contributed by atoms with Crippen LogP contribution in [0, 0.1) is 6.92 Å². The number of hydrogen-bond acceptors (Lipinski definition) is 5. The van der Waals surface area contributed by atoms with E-state index in [4.69, 9.17) is 4.42 Å². The third-order valence-electron chi connectivity index (χ3n) is 3.57. The second-order valence-electron chi connectivity index (χ2n) is 5.02. The summed E-state index contributed by atoms with van der Waals surface area (Å²) in [5.41, 5.74) is 4.87. The summed E-state index contributed by atoms with van der Waals surface area (Å²) in [5, 5.41) is 1.77. The zero-order valence-electron chi connectivity index (χ0n) is 12.0. The average Bonchev–Trinajstić information content (AvgIpc) is 2.98. The van der Waals surface area contributed by atoms with Crippen LogP contribution in [0.1, 0.15) is 11.3 Å². The number of benzene rings is 1. The molecule has 0 aliphatic heterocycles. The fourth-order valence-electron chi connectivity index (χ4n) is 2.39. The first kappa shape index (κ1) is 13.3. The summed E-state index contributed by atoms with van der Waals surface area (Å²) < 4.78 is 5.49. The first-order valence-corrected chi connectivity index (χ1v) is 7.97. The molecular weight excluding hydrogens is 294 g/mol. The molecule has 0 saturated carbocycles. The SMILES string of the molecule is Cc1cccnc1CSc1nc2ccc3occcc3c2n1. The second kappa shape index (κ2) is 5.42. The topological polar surface area (TPSA) is 51.8 Å². The molecule has 22 heavy (non-hydrogen) atoms. The van der Waals surface area contributed by atoms with Crippen LogP contribution in [-0.4, -0.2) is 15.0 Å². The van der Waals surface area contributed by atoms with Crippen LogP contribution in [-0.2, 0) is 5.75 Å².